The third-order valence-electron chi connectivity index (χ3n) is 5.07. The Balaban J connectivity index is 0.00000576. The molecule has 0 saturated carbocycles. The second-order valence-electron chi connectivity index (χ2n) is 7.44. The van der Waals surface area contributed by atoms with Crippen molar-refractivity contribution in [3.8, 4) is 0 Å². The van der Waals surface area contributed by atoms with Gasteiger partial charge in [0.15, 0.2) is 0 Å². The quantitative estimate of drug-likeness (QED) is 0.203. The number of hydrogen-bond donors (Lipinski definition) is 0. The van der Waals surface area contributed by atoms with Gasteiger partial charge in [0.25, 0.3) is 0 Å². The largest absolute Gasteiger partial charge is 1.00 e. The van der Waals surface area contributed by atoms with Crippen LogP contribution in [0.3, 0.4) is 0 Å². The molecule has 0 heterocycles. The summed E-state index contributed by atoms with van der Waals surface area (Å²) in [5.74, 6) is 0. The van der Waals surface area contributed by atoms with Gasteiger partial charge in [0.05, 0.1) is 0 Å². The van der Waals surface area contributed by atoms with Gasteiger partial charge >= 0.3 is 29.6 Å². The summed E-state index contributed by atoms with van der Waals surface area (Å²) in [5.41, 5.74) is 1.38. The Morgan fingerprint density at radius 1 is 0.600 bits per heavy atom. The van der Waals surface area contributed by atoms with Crippen molar-refractivity contribution in [2.45, 2.75) is 116 Å². The molecule has 1 aromatic rings. The third-order valence-corrected chi connectivity index (χ3v) is 5.07. The first-order chi connectivity index (χ1) is 11.9. The minimum absolute atomic E-state index is 0. The maximum Gasteiger partial charge on any atom is 1.00 e. The summed E-state index contributed by atoms with van der Waals surface area (Å²) in [6, 6.07) is 11.7. The molecule has 0 aliphatic heterocycles. The van der Waals surface area contributed by atoms with Crippen LogP contribution in [0.1, 0.15) is 115 Å². The molecule has 0 aliphatic rings. The van der Waals surface area contributed by atoms with Crippen LogP contribution in [-0.4, -0.2) is 0 Å². The van der Waals surface area contributed by atoms with E-state index >= 15 is 0 Å². The van der Waals surface area contributed by atoms with E-state index in [1.54, 1.807) is 0 Å². The number of benzene rings is 1. The fourth-order valence-corrected chi connectivity index (χ4v) is 3.45. The van der Waals surface area contributed by atoms with E-state index in [0.29, 0.717) is 0 Å². The van der Waals surface area contributed by atoms with Gasteiger partial charge in [-0.05, 0) is 0 Å². The van der Waals surface area contributed by atoms with Crippen LogP contribution in [-0.2, 0) is 6.42 Å². The molecule has 1 rings (SSSR count). The van der Waals surface area contributed by atoms with Gasteiger partial charge in [0, 0.05) is 0 Å². The van der Waals surface area contributed by atoms with E-state index in [1.165, 1.54) is 115 Å². The summed E-state index contributed by atoms with van der Waals surface area (Å²) in [7, 11) is 0. The van der Waals surface area contributed by atoms with Gasteiger partial charge in [-0.25, -0.2) is 0 Å². The van der Waals surface area contributed by atoms with Gasteiger partial charge in [-0.15, -0.1) is 0 Å². The molecule has 0 amide bonds. The van der Waals surface area contributed by atoms with E-state index in [1.807, 2.05) is 6.07 Å². The minimum Gasteiger partial charge on any atom is -0.180 e. The molecule has 0 unspecified atom stereocenters. The molecule has 0 saturated heterocycles. The van der Waals surface area contributed by atoms with Crippen molar-refractivity contribution in [1.82, 2.24) is 0 Å². The Morgan fingerprint density at radius 2 is 1.04 bits per heavy atom. The van der Waals surface area contributed by atoms with E-state index < -0.39 is 0 Å². The maximum absolute atomic E-state index is 3.32. The average molecular weight is 353 g/mol. The van der Waals surface area contributed by atoms with Crippen molar-refractivity contribution in [2.75, 3.05) is 0 Å². The first-order valence-electron chi connectivity index (χ1n) is 10.9. The van der Waals surface area contributed by atoms with Crippen molar-refractivity contribution < 1.29 is 29.6 Å². The van der Waals surface area contributed by atoms with Crippen LogP contribution >= 0.6 is 0 Å². The minimum atomic E-state index is 0. The molecule has 0 bridgehead atoms. The molecule has 0 atom stereocenters. The Bertz CT molecular complexity index is 346. The fraction of sp³-hybridized carbons (Fsp3) is 0.750. The monoisotopic (exact) mass is 352 g/mol. The standard InChI is InChI=1S/C24H41.Na/c1-2-3-4-5-6-7-8-9-10-11-12-13-14-15-16-18-21-24-22-19-17-20-23-24;/h17,19-20,22H,2-16,18,21H2,1H3;/q-1;+1. The zero-order chi connectivity index (χ0) is 17.1. The topological polar surface area (TPSA) is 0 Å². The molecule has 1 heteroatoms. The van der Waals surface area contributed by atoms with Crippen molar-refractivity contribution >= 4 is 0 Å². The van der Waals surface area contributed by atoms with E-state index in [0.717, 1.165) is 0 Å². The van der Waals surface area contributed by atoms with Gasteiger partial charge in [-0.2, -0.15) is 35.9 Å². The van der Waals surface area contributed by atoms with Gasteiger partial charge in [0.2, 0.25) is 0 Å². The number of aryl methyl sites for hydroxylation is 1. The number of unbranched alkanes of at least 4 members (excludes halogenated alkanes) is 15. The zero-order valence-corrected chi connectivity index (χ0v) is 19.3. The predicted octanol–water partition coefficient (Wildman–Crippen LogP) is 5.29. The van der Waals surface area contributed by atoms with Crippen LogP contribution < -0.4 is 29.6 Å². The molecule has 0 N–H and O–H groups in total. The molecule has 0 nitrogen and oxygen atoms in total. The van der Waals surface area contributed by atoms with Crippen molar-refractivity contribution in [2.24, 2.45) is 0 Å². The third kappa shape index (κ3) is 17.4. The van der Waals surface area contributed by atoms with E-state index in [4.69, 9.17) is 0 Å². The Morgan fingerprint density at radius 3 is 1.44 bits per heavy atom. The summed E-state index contributed by atoms with van der Waals surface area (Å²) < 4.78 is 0. The molecule has 0 radical (unpaired) electrons. The molecular weight excluding hydrogens is 311 g/mol. The summed E-state index contributed by atoms with van der Waals surface area (Å²) in [6.45, 7) is 2.30. The smallest absolute Gasteiger partial charge is 0.180 e. The average Bonchev–Trinajstić information content (AvgIpc) is 2.62. The molecule has 138 valence electrons. The van der Waals surface area contributed by atoms with Crippen molar-refractivity contribution in [1.29, 1.82) is 0 Å². The van der Waals surface area contributed by atoms with Crippen LogP contribution in [0.5, 0.6) is 0 Å². The van der Waals surface area contributed by atoms with Gasteiger partial charge in [0.1, 0.15) is 0 Å². The Hall–Kier alpha value is 0.220. The van der Waals surface area contributed by atoms with E-state index in [9.17, 15) is 0 Å². The first-order valence-corrected chi connectivity index (χ1v) is 10.9. The van der Waals surface area contributed by atoms with E-state index in [2.05, 4.69) is 31.2 Å². The summed E-state index contributed by atoms with van der Waals surface area (Å²) in [4.78, 5) is 0. The molecule has 0 spiro atoms. The first kappa shape index (κ1) is 25.2. The zero-order valence-electron chi connectivity index (χ0n) is 17.3. The van der Waals surface area contributed by atoms with Crippen molar-refractivity contribution in [3.63, 3.8) is 0 Å². The fourth-order valence-electron chi connectivity index (χ4n) is 3.45. The summed E-state index contributed by atoms with van der Waals surface area (Å²) in [5, 5.41) is 0. The molecule has 25 heavy (non-hydrogen) atoms. The Labute approximate surface area is 180 Å². The van der Waals surface area contributed by atoms with Gasteiger partial charge in [-0.1, -0.05) is 116 Å². The Kier molecular flexibility index (Phi) is 20.7. The molecular formula is C24H41Na. The van der Waals surface area contributed by atoms with Gasteiger partial charge < -0.3 is 0 Å². The number of rotatable bonds is 17. The van der Waals surface area contributed by atoms with Crippen LogP contribution in [0.15, 0.2) is 24.3 Å². The van der Waals surface area contributed by atoms with Gasteiger partial charge in [-0.3, -0.25) is 0 Å². The second-order valence-corrected chi connectivity index (χ2v) is 7.44. The van der Waals surface area contributed by atoms with Crippen LogP contribution in [0, 0.1) is 6.07 Å². The van der Waals surface area contributed by atoms with Crippen LogP contribution in [0.25, 0.3) is 0 Å². The second kappa shape index (κ2) is 20.5. The molecule has 0 aliphatic carbocycles. The van der Waals surface area contributed by atoms with E-state index in [-0.39, 0.29) is 29.6 Å². The van der Waals surface area contributed by atoms with Crippen molar-refractivity contribution in [3.05, 3.63) is 35.9 Å². The van der Waals surface area contributed by atoms with Crippen LogP contribution in [0.2, 0.25) is 0 Å². The van der Waals surface area contributed by atoms with Crippen LogP contribution in [0.4, 0.5) is 0 Å². The molecule has 0 aromatic heterocycles. The summed E-state index contributed by atoms with van der Waals surface area (Å²) >= 11 is 0. The number of hydrogen-bond acceptors (Lipinski definition) is 0. The predicted molar refractivity (Wildman–Crippen MR) is 109 cm³/mol. The SMILES string of the molecule is CCCCCCCCCCCCCCCCCCc1[c-]cccc1.[Na+]. The molecule has 0 fully saturated rings. The molecule has 1 aromatic carbocycles. The summed E-state index contributed by atoms with van der Waals surface area (Å²) in [6.07, 6.45) is 24.3. The normalized spacial score (nSPS) is 10.6. The maximum atomic E-state index is 3.32.